The number of carbonyl (C=O) groups excluding carboxylic acids is 1. The minimum atomic E-state index is -4.39. The molecule has 0 aliphatic heterocycles. The molecule has 0 N–H and O–H groups in total. The van der Waals surface area contributed by atoms with Gasteiger partial charge in [-0.05, 0) is 24.0 Å². The van der Waals surface area contributed by atoms with Crippen LogP contribution >= 0.6 is 0 Å². The zero-order chi connectivity index (χ0) is 14.2. The van der Waals surface area contributed by atoms with Crippen LogP contribution in [0.4, 0.5) is 13.2 Å². The Hall–Kier alpha value is -1.56. The van der Waals surface area contributed by atoms with Gasteiger partial charge in [0.05, 0.1) is 12.7 Å². The largest absolute Gasteiger partial charge is 0.416 e. The van der Waals surface area contributed by atoms with Gasteiger partial charge in [-0.25, -0.2) is 5.06 Å². The Labute approximate surface area is 108 Å². The molecule has 2 rings (SSSR count). The van der Waals surface area contributed by atoms with E-state index in [1.165, 1.54) is 26.3 Å². The molecule has 104 valence electrons. The number of halogens is 3. The Bertz CT molecular complexity index is 487. The van der Waals surface area contributed by atoms with Crippen molar-refractivity contribution in [3.05, 3.63) is 35.4 Å². The second-order valence-corrected chi connectivity index (χ2v) is 4.55. The number of carbonyl (C=O) groups is 1. The van der Waals surface area contributed by atoms with Gasteiger partial charge in [0.15, 0.2) is 0 Å². The summed E-state index contributed by atoms with van der Waals surface area (Å²) in [6, 6.07) is 5.40. The van der Waals surface area contributed by atoms with Gasteiger partial charge in [0, 0.05) is 13.0 Å². The average molecular weight is 273 g/mol. The number of hydroxylamine groups is 2. The Morgan fingerprint density at radius 2 is 2.00 bits per heavy atom. The van der Waals surface area contributed by atoms with Crippen molar-refractivity contribution in [2.24, 2.45) is 5.92 Å². The first-order valence-corrected chi connectivity index (χ1v) is 5.84. The number of amides is 1. The highest BCUT2D eigenvalue weighted by molar-refractivity contribution is 5.82. The van der Waals surface area contributed by atoms with E-state index < -0.39 is 17.7 Å². The lowest BCUT2D eigenvalue weighted by molar-refractivity contribution is -0.170. The molecule has 1 aliphatic carbocycles. The second-order valence-electron chi connectivity index (χ2n) is 4.55. The van der Waals surface area contributed by atoms with Gasteiger partial charge in [0.1, 0.15) is 0 Å². The molecule has 0 bridgehead atoms. The van der Waals surface area contributed by atoms with Gasteiger partial charge < -0.3 is 0 Å². The first kappa shape index (κ1) is 13.9. The summed E-state index contributed by atoms with van der Waals surface area (Å²) >= 11 is 0. The van der Waals surface area contributed by atoms with Crippen molar-refractivity contribution in [1.82, 2.24) is 5.06 Å². The van der Waals surface area contributed by atoms with Crippen LogP contribution in [0.3, 0.4) is 0 Å². The quantitative estimate of drug-likeness (QED) is 0.792. The molecule has 1 aliphatic rings. The topological polar surface area (TPSA) is 29.5 Å². The summed E-state index contributed by atoms with van der Waals surface area (Å²) in [7, 11) is 2.80. The average Bonchev–Trinajstić information content (AvgIpc) is 3.16. The molecule has 1 saturated carbocycles. The molecule has 1 amide bonds. The van der Waals surface area contributed by atoms with Crippen LogP contribution in [0.1, 0.15) is 23.5 Å². The van der Waals surface area contributed by atoms with Gasteiger partial charge in [0.2, 0.25) is 5.91 Å². The number of alkyl halides is 3. The van der Waals surface area contributed by atoms with Crippen LogP contribution in [0.2, 0.25) is 0 Å². The predicted molar refractivity (Wildman–Crippen MR) is 62.1 cm³/mol. The number of hydrogen-bond donors (Lipinski definition) is 0. The molecule has 0 spiro atoms. The highest BCUT2D eigenvalue weighted by Crippen LogP contribution is 2.51. The zero-order valence-electron chi connectivity index (χ0n) is 10.6. The second kappa shape index (κ2) is 4.85. The van der Waals surface area contributed by atoms with Crippen molar-refractivity contribution in [1.29, 1.82) is 0 Å². The Morgan fingerprint density at radius 3 is 2.58 bits per heavy atom. The lowest BCUT2D eigenvalue weighted by Crippen LogP contribution is -2.27. The van der Waals surface area contributed by atoms with Crippen molar-refractivity contribution < 1.29 is 22.8 Å². The SMILES string of the molecule is CON(C)C(=O)C1CC1c1ccccc1C(F)(F)F. The summed E-state index contributed by atoms with van der Waals surface area (Å²) < 4.78 is 38.6. The fraction of sp³-hybridized carbons (Fsp3) is 0.462. The number of benzene rings is 1. The summed E-state index contributed by atoms with van der Waals surface area (Å²) in [5.74, 6) is -1.08. The maximum Gasteiger partial charge on any atom is 0.416 e. The van der Waals surface area contributed by atoms with Crippen molar-refractivity contribution in [3.63, 3.8) is 0 Å². The van der Waals surface area contributed by atoms with E-state index in [1.807, 2.05) is 0 Å². The summed E-state index contributed by atoms with van der Waals surface area (Å²) in [6.07, 6.45) is -3.96. The lowest BCUT2D eigenvalue weighted by Gasteiger charge is -2.15. The molecule has 2 unspecified atom stereocenters. The fourth-order valence-electron chi connectivity index (χ4n) is 2.21. The summed E-state index contributed by atoms with van der Waals surface area (Å²) in [5, 5.41) is 1.06. The molecule has 3 nitrogen and oxygen atoms in total. The van der Waals surface area contributed by atoms with Gasteiger partial charge in [0.25, 0.3) is 0 Å². The van der Waals surface area contributed by atoms with E-state index in [0.29, 0.717) is 6.42 Å². The van der Waals surface area contributed by atoms with Crippen LogP contribution in [0, 0.1) is 5.92 Å². The van der Waals surface area contributed by atoms with Crippen LogP contribution in [-0.4, -0.2) is 25.1 Å². The molecule has 1 fully saturated rings. The molecule has 1 aromatic carbocycles. The Balaban J connectivity index is 2.20. The highest BCUT2D eigenvalue weighted by atomic mass is 19.4. The van der Waals surface area contributed by atoms with Crippen LogP contribution in [0.15, 0.2) is 24.3 Å². The van der Waals surface area contributed by atoms with Gasteiger partial charge in [-0.1, -0.05) is 18.2 Å². The standard InChI is InChI=1S/C13H14F3NO2/c1-17(19-2)12(18)10-7-9(10)8-5-3-4-6-11(8)13(14,15)16/h3-6,9-10H,7H2,1-2H3. The molecule has 0 heterocycles. The normalized spacial score (nSPS) is 22.2. The van der Waals surface area contributed by atoms with Crippen LogP contribution in [-0.2, 0) is 15.8 Å². The maximum atomic E-state index is 12.9. The third kappa shape index (κ3) is 2.73. The molecular weight excluding hydrogens is 259 g/mol. The molecule has 0 saturated heterocycles. The first-order chi connectivity index (χ1) is 8.86. The fourth-order valence-corrected chi connectivity index (χ4v) is 2.21. The lowest BCUT2D eigenvalue weighted by atomic mass is 10.0. The van der Waals surface area contributed by atoms with Crippen molar-refractivity contribution in [3.8, 4) is 0 Å². The van der Waals surface area contributed by atoms with E-state index >= 15 is 0 Å². The van der Waals surface area contributed by atoms with E-state index in [0.717, 1.165) is 11.1 Å². The minimum absolute atomic E-state index is 0.192. The molecule has 1 aromatic rings. The van der Waals surface area contributed by atoms with Gasteiger partial charge in [-0.15, -0.1) is 0 Å². The third-order valence-electron chi connectivity index (χ3n) is 3.36. The van der Waals surface area contributed by atoms with Crippen LogP contribution < -0.4 is 0 Å². The van der Waals surface area contributed by atoms with E-state index in [2.05, 4.69) is 0 Å². The first-order valence-electron chi connectivity index (χ1n) is 5.84. The van der Waals surface area contributed by atoms with Crippen LogP contribution in [0.25, 0.3) is 0 Å². The van der Waals surface area contributed by atoms with E-state index in [4.69, 9.17) is 4.84 Å². The van der Waals surface area contributed by atoms with E-state index in [1.54, 1.807) is 6.07 Å². The van der Waals surface area contributed by atoms with Gasteiger partial charge in [-0.3, -0.25) is 9.63 Å². The third-order valence-corrected chi connectivity index (χ3v) is 3.36. The number of rotatable bonds is 3. The maximum absolute atomic E-state index is 12.9. The number of nitrogens with zero attached hydrogens (tertiary/aromatic N) is 1. The zero-order valence-corrected chi connectivity index (χ0v) is 10.6. The van der Waals surface area contributed by atoms with Crippen molar-refractivity contribution >= 4 is 5.91 Å². The smallest absolute Gasteiger partial charge is 0.275 e. The highest BCUT2D eigenvalue weighted by Gasteiger charge is 2.48. The molecule has 0 aromatic heterocycles. The molecule has 0 radical (unpaired) electrons. The summed E-state index contributed by atoms with van der Waals surface area (Å²) in [5.41, 5.74) is -0.465. The summed E-state index contributed by atoms with van der Waals surface area (Å²) in [4.78, 5) is 16.6. The van der Waals surface area contributed by atoms with Gasteiger partial charge in [-0.2, -0.15) is 13.2 Å². The monoisotopic (exact) mass is 273 g/mol. The Morgan fingerprint density at radius 1 is 1.37 bits per heavy atom. The summed E-state index contributed by atoms with van der Waals surface area (Å²) in [6.45, 7) is 0. The van der Waals surface area contributed by atoms with E-state index in [-0.39, 0.29) is 17.4 Å². The molecular formula is C13H14F3NO2. The molecule has 6 heteroatoms. The van der Waals surface area contributed by atoms with Crippen LogP contribution in [0.5, 0.6) is 0 Å². The van der Waals surface area contributed by atoms with Gasteiger partial charge >= 0.3 is 6.18 Å². The molecule has 2 atom stereocenters. The predicted octanol–water partition coefficient (Wildman–Crippen LogP) is 2.83. The minimum Gasteiger partial charge on any atom is -0.275 e. The Kier molecular flexibility index (Phi) is 3.54. The number of hydrogen-bond acceptors (Lipinski definition) is 2. The molecule has 19 heavy (non-hydrogen) atoms. The van der Waals surface area contributed by atoms with Crippen molar-refractivity contribution in [2.45, 2.75) is 18.5 Å². The van der Waals surface area contributed by atoms with E-state index in [9.17, 15) is 18.0 Å². The van der Waals surface area contributed by atoms with Crippen molar-refractivity contribution in [2.75, 3.05) is 14.2 Å².